The molecule has 0 N–H and O–H groups in total. The van der Waals surface area contributed by atoms with Crippen LogP contribution in [0.4, 0.5) is 0 Å². The van der Waals surface area contributed by atoms with Gasteiger partial charge in [-0.25, -0.2) is 9.79 Å². The first kappa shape index (κ1) is 16.3. The highest BCUT2D eigenvalue weighted by Crippen LogP contribution is 2.28. The van der Waals surface area contributed by atoms with Crippen molar-refractivity contribution in [3.05, 3.63) is 73.3 Å². The maximum atomic E-state index is 12.0. The number of carbonyl (C=O) groups excluding carboxylic acids is 1. The van der Waals surface area contributed by atoms with Crippen molar-refractivity contribution >= 4 is 64.3 Å². The van der Waals surface area contributed by atoms with Gasteiger partial charge in [-0.05, 0) is 42.0 Å². The van der Waals surface area contributed by atoms with Gasteiger partial charge in [-0.15, -0.1) is 0 Å². The molecular formula is C16H7Cl4NO2. The largest absolute Gasteiger partial charge is 0.402 e. The fourth-order valence-corrected chi connectivity index (χ4v) is 2.62. The lowest BCUT2D eigenvalue weighted by molar-refractivity contribution is -0.129. The van der Waals surface area contributed by atoms with Crippen molar-refractivity contribution in [2.24, 2.45) is 4.99 Å². The maximum Gasteiger partial charge on any atom is 0.363 e. The highest BCUT2D eigenvalue weighted by atomic mass is 35.5. The number of ether oxygens (including phenoxy) is 1. The Kier molecular flexibility index (Phi) is 4.64. The Labute approximate surface area is 152 Å². The van der Waals surface area contributed by atoms with E-state index in [0.717, 1.165) is 0 Å². The second-order valence-electron chi connectivity index (χ2n) is 4.63. The van der Waals surface area contributed by atoms with Crippen LogP contribution in [0.3, 0.4) is 0 Å². The molecule has 0 aromatic heterocycles. The van der Waals surface area contributed by atoms with E-state index in [1.54, 1.807) is 42.5 Å². The van der Waals surface area contributed by atoms with Gasteiger partial charge in [0.2, 0.25) is 5.90 Å². The number of rotatable bonds is 2. The predicted molar refractivity (Wildman–Crippen MR) is 93.5 cm³/mol. The van der Waals surface area contributed by atoms with E-state index in [1.165, 1.54) is 0 Å². The maximum absolute atomic E-state index is 12.0. The average molecular weight is 387 g/mol. The molecule has 116 valence electrons. The fraction of sp³-hybridized carbons (Fsp3) is 0. The van der Waals surface area contributed by atoms with E-state index in [-0.39, 0.29) is 11.6 Å². The lowest BCUT2D eigenvalue weighted by Gasteiger charge is -2.02. The summed E-state index contributed by atoms with van der Waals surface area (Å²) in [5, 5.41) is 1.66. The van der Waals surface area contributed by atoms with Gasteiger partial charge in [0.05, 0.1) is 20.6 Å². The first-order valence-corrected chi connectivity index (χ1v) is 7.88. The molecule has 0 aliphatic carbocycles. The van der Waals surface area contributed by atoms with Crippen LogP contribution in [0.25, 0.3) is 6.08 Å². The molecule has 1 heterocycles. The Bertz CT molecular complexity index is 874. The van der Waals surface area contributed by atoms with Gasteiger partial charge in [0, 0.05) is 5.02 Å². The Morgan fingerprint density at radius 3 is 2.39 bits per heavy atom. The van der Waals surface area contributed by atoms with E-state index in [0.29, 0.717) is 31.2 Å². The van der Waals surface area contributed by atoms with Gasteiger partial charge in [0.15, 0.2) is 5.70 Å². The topological polar surface area (TPSA) is 38.7 Å². The second-order valence-corrected chi connectivity index (χ2v) is 6.29. The van der Waals surface area contributed by atoms with E-state index < -0.39 is 5.97 Å². The molecule has 3 nitrogen and oxygen atoms in total. The molecule has 0 saturated carbocycles. The first-order chi connectivity index (χ1) is 10.9. The Morgan fingerprint density at radius 2 is 1.65 bits per heavy atom. The molecular weight excluding hydrogens is 380 g/mol. The van der Waals surface area contributed by atoms with Gasteiger partial charge in [0.25, 0.3) is 0 Å². The summed E-state index contributed by atoms with van der Waals surface area (Å²) >= 11 is 23.8. The fourth-order valence-electron chi connectivity index (χ4n) is 1.95. The van der Waals surface area contributed by atoms with Crippen LogP contribution in [-0.2, 0) is 9.53 Å². The third-order valence-electron chi connectivity index (χ3n) is 3.03. The Balaban J connectivity index is 1.99. The summed E-state index contributed by atoms with van der Waals surface area (Å²) < 4.78 is 5.16. The van der Waals surface area contributed by atoms with Crippen LogP contribution in [0.15, 0.2) is 47.1 Å². The molecule has 2 aromatic carbocycles. The smallest absolute Gasteiger partial charge is 0.363 e. The summed E-state index contributed by atoms with van der Waals surface area (Å²) in [6.45, 7) is 0. The molecule has 2 aromatic rings. The van der Waals surface area contributed by atoms with Crippen LogP contribution in [0.2, 0.25) is 20.1 Å². The summed E-state index contributed by atoms with van der Waals surface area (Å²) in [5.41, 5.74) is 1.26. The Hall–Kier alpha value is -1.52. The van der Waals surface area contributed by atoms with Gasteiger partial charge in [-0.2, -0.15) is 0 Å². The average Bonchev–Trinajstić information content (AvgIpc) is 2.86. The van der Waals surface area contributed by atoms with Crippen molar-refractivity contribution in [3.63, 3.8) is 0 Å². The number of aliphatic imine (C=N–C) groups is 1. The van der Waals surface area contributed by atoms with Crippen molar-refractivity contribution in [3.8, 4) is 0 Å². The minimum Gasteiger partial charge on any atom is -0.402 e. The van der Waals surface area contributed by atoms with E-state index in [2.05, 4.69) is 4.99 Å². The standard InChI is InChI=1S/C16H7Cl4NO2/c17-9-2-4-11(18)10(7-9)15-21-14(16(22)23-15)6-8-1-3-12(19)13(20)5-8/h1-7H/b14-6-. The zero-order valence-electron chi connectivity index (χ0n) is 11.3. The zero-order valence-corrected chi connectivity index (χ0v) is 14.3. The summed E-state index contributed by atoms with van der Waals surface area (Å²) in [4.78, 5) is 16.1. The molecule has 0 radical (unpaired) electrons. The summed E-state index contributed by atoms with van der Waals surface area (Å²) in [6, 6.07) is 9.80. The molecule has 0 amide bonds. The van der Waals surface area contributed by atoms with E-state index in [4.69, 9.17) is 51.1 Å². The monoisotopic (exact) mass is 385 g/mol. The lowest BCUT2D eigenvalue weighted by atomic mass is 10.2. The number of esters is 1. The SMILES string of the molecule is O=C1OC(c2cc(Cl)ccc2Cl)=N/C1=C\c1ccc(Cl)c(Cl)c1. The molecule has 0 unspecified atom stereocenters. The number of nitrogens with zero attached hydrogens (tertiary/aromatic N) is 1. The normalized spacial score (nSPS) is 15.7. The van der Waals surface area contributed by atoms with E-state index in [1.807, 2.05) is 0 Å². The number of hydrogen-bond donors (Lipinski definition) is 0. The summed E-state index contributed by atoms with van der Waals surface area (Å²) in [5.74, 6) is -0.476. The van der Waals surface area contributed by atoms with Crippen molar-refractivity contribution in [2.45, 2.75) is 0 Å². The number of halogens is 4. The van der Waals surface area contributed by atoms with Crippen molar-refractivity contribution < 1.29 is 9.53 Å². The highest BCUT2D eigenvalue weighted by molar-refractivity contribution is 6.42. The molecule has 0 bridgehead atoms. The van der Waals surface area contributed by atoms with Crippen LogP contribution in [0, 0.1) is 0 Å². The third kappa shape index (κ3) is 3.54. The second kappa shape index (κ2) is 6.54. The zero-order chi connectivity index (χ0) is 16.6. The van der Waals surface area contributed by atoms with Crippen LogP contribution in [0.5, 0.6) is 0 Å². The molecule has 23 heavy (non-hydrogen) atoms. The van der Waals surface area contributed by atoms with Crippen LogP contribution in [-0.4, -0.2) is 11.9 Å². The minimum absolute atomic E-state index is 0.105. The quantitative estimate of drug-likeness (QED) is 0.494. The molecule has 0 saturated heterocycles. The third-order valence-corrected chi connectivity index (χ3v) is 4.33. The van der Waals surface area contributed by atoms with Crippen LogP contribution in [0.1, 0.15) is 11.1 Å². The van der Waals surface area contributed by atoms with E-state index in [9.17, 15) is 4.79 Å². The molecule has 0 atom stereocenters. The van der Waals surface area contributed by atoms with Gasteiger partial charge >= 0.3 is 5.97 Å². The molecule has 0 spiro atoms. The molecule has 1 aliphatic rings. The van der Waals surface area contributed by atoms with Gasteiger partial charge in [0.1, 0.15) is 0 Å². The van der Waals surface area contributed by atoms with Crippen molar-refractivity contribution in [1.29, 1.82) is 0 Å². The minimum atomic E-state index is -0.581. The Morgan fingerprint density at radius 1 is 0.913 bits per heavy atom. The van der Waals surface area contributed by atoms with Gasteiger partial charge in [-0.1, -0.05) is 52.5 Å². The molecule has 0 fully saturated rings. The number of cyclic esters (lactones) is 1. The number of hydrogen-bond acceptors (Lipinski definition) is 3. The summed E-state index contributed by atoms with van der Waals surface area (Å²) in [7, 11) is 0. The highest BCUT2D eigenvalue weighted by Gasteiger charge is 2.25. The van der Waals surface area contributed by atoms with Crippen molar-refractivity contribution in [2.75, 3.05) is 0 Å². The number of carbonyl (C=O) groups is 1. The summed E-state index contributed by atoms with van der Waals surface area (Å²) in [6.07, 6.45) is 1.55. The van der Waals surface area contributed by atoms with Crippen LogP contribution >= 0.6 is 46.4 Å². The first-order valence-electron chi connectivity index (χ1n) is 6.37. The van der Waals surface area contributed by atoms with Gasteiger partial charge in [-0.3, -0.25) is 0 Å². The molecule has 3 rings (SSSR count). The van der Waals surface area contributed by atoms with Crippen LogP contribution < -0.4 is 0 Å². The van der Waals surface area contributed by atoms with Crippen molar-refractivity contribution in [1.82, 2.24) is 0 Å². The lowest BCUT2D eigenvalue weighted by Crippen LogP contribution is -2.06. The molecule has 7 heteroatoms. The van der Waals surface area contributed by atoms with E-state index >= 15 is 0 Å². The predicted octanol–water partition coefficient (Wildman–Crippen LogP) is 5.64. The molecule has 1 aliphatic heterocycles. The number of benzene rings is 2. The van der Waals surface area contributed by atoms with Gasteiger partial charge < -0.3 is 4.74 Å².